The van der Waals surface area contributed by atoms with Crippen LogP contribution in [0.2, 0.25) is 0 Å². The molecule has 96 valence electrons. The summed E-state index contributed by atoms with van der Waals surface area (Å²) in [6.45, 7) is 7.36. The van der Waals surface area contributed by atoms with Crippen LogP contribution in [-0.4, -0.2) is 6.61 Å². The molecular formula is C15H25NO. The van der Waals surface area contributed by atoms with Gasteiger partial charge in [0.05, 0.1) is 6.61 Å². The molecule has 2 heteroatoms. The summed E-state index contributed by atoms with van der Waals surface area (Å²) in [6, 6.07) is 8.33. The highest BCUT2D eigenvalue weighted by Gasteiger charge is 2.08. The monoisotopic (exact) mass is 235 g/mol. The van der Waals surface area contributed by atoms with Gasteiger partial charge >= 0.3 is 0 Å². The molecule has 0 heterocycles. The van der Waals surface area contributed by atoms with Crippen molar-refractivity contribution in [2.24, 2.45) is 11.7 Å². The highest BCUT2D eigenvalue weighted by molar-refractivity contribution is 5.29. The summed E-state index contributed by atoms with van der Waals surface area (Å²) >= 11 is 0. The van der Waals surface area contributed by atoms with Crippen molar-refractivity contribution in [2.45, 2.75) is 46.1 Å². The molecule has 0 radical (unpaired) electrons. The van der Waals surface area contributed by atoms with Gasteiger partial charge in [0.2, 0.25) is 0 Å². The van der Waals surface area contributed by atoms with Crippen LogP contribution >= 0.6 is 0 Å². The molecule has 0 aromatic heterocycles. The molecule has 0 bridgehead atoms. The molecular weight excluding hydrogens is 210 g/mol. The van der Waals surface area contributed by atoms with E-state index in [0.29, 0.717) is 5.92 Å². The number of ether oxygens (including phenoxy) is 1. The van der Waals surface area contributed by atoms with Crippen LogP contribution in [0, 0.1) is 5.92 Å². The minimum atomic E-state index is 0.139. The molecule has 1 aromatic rings. The second-order valence-electron chi connectivity index (χ2n) is 5.01. The molecule has 0 saturated heterocycles. The molecule has 0 aliphatic carbocycles. The summed E-state index contributed by atoms with van der Waals surface area (Å²) in [6.07, 6.45) is 3.29. The summed E-state index contributed by atoms with van der Waals surface area (Å²) in [7, 11) is 0. The maximum atomic E-state index is 6.13. The number of benzene rings is 1. The quantitative estimate of drug-likeness (QED) is 0.727. The van der Waals surface area contributed by atoms with E-state index in [1.807, 2.05) is 12.1 Å². The Morgan fingerprint density at radius 3 is 2.35 bits per heavy atom. The summed E-state index contributed by atoms with van der Waals surface area (Å²) in [5.41, 5.74) is 7.32. The third kappa shape index (κ3) is 5.22. The summed E-state index contributed by atoms with van der Waals surface area (Å²) in [5.74, 6) is 1.57. The van der Waals surface area contributed by atoms with Crippen LogP contribution in [0.25, 0.3) is 0 Å². The Kier molecular flexibility index (Phi) is 6.06. The van der Waals surface area contributed by atoms with E-state index in [4.69, 9.17) is 10.5 Å². The minimum Gasteiger partial charge on any atom is -0.494 e. The third-order valence-electron chi connectivity index (χ3n) is 2.80. The molecule has 1 unspecified atom stereocenters. The third-order valence-corrected chi connectivity index (χ3v) is 2.80. The lowest BCUT2D eigenvalue weighted by atomic mass is 9.98. The first-order valence-electron chi connectivity index (χ1n) is 6.61. The van der Waals surface area contributed by atoms with Crippen LogP contribution < -0.4 is 10.5 Å². The molecule has 1 atom stereocenters. The highest BCUT2D eigenvalue weighted by Crippen LogP contribution is 2.21. The SMILES string of the molecule is CCCCOc1ccc(C(N)CC(C)C)cc1. The number of unbranched alkanes of at least 4 members (excludes halogenated alkanes) is 1. The van der Waals surface area contributed by atoms with Crippen molar-refractivity contribution in [3.05, 3.63) is 29.8 Å². The molecule has 0 aliphatic rings. The van der Waals surface area contributed by atoms with Crippen molar-refractivity contribution in [1.29, 1.82) is 0 Å². The van der Waals surface area contributed by atoms with Gasteiger partial charge in [-0.05, 0) is 36.5 Å². The predicted octanol–water partition coefficient (Wildman–Crippen LogP) is 3.91. The van der Waals surface area contributed by atoms with E-state index in [0.717, 1.165) is 31.6 Å². The first kappa shape index (κ1) is 14.0. The number of nitrogens with two attached hydrogens (primary N) is 1. The maximum absolute atomic E-state index is 6.13. The Morgan fingerprint density at radius 2 is 1.82 bits per heavy atom. The summed E-state index contributed by atoms with van der Waals surface area (Å²) in [5, 5.41) is 0. The van der Waals surface area contributed by atoms with E-state index < -0.39 is 0 Å². The average Bonchev–Trinajstić information content (AvgIpc) is 2.29. The fourth-order valence-corrected chi connectivity index (χ4v) is 1.79. The van der Waals surface area contributed by atoms with Crippen LogP contribution in [0.1, 0.15) is 51.6 Å². The lowest BCUT2D eigenvalue weighted by Gasteiger charge is -2.15. The van der Waals surface area contributed by atoms with Gasteiger partial charge in [0.25, 0.3) is 0 Å². The first-order chi connectivity index (χ1) is 8.13. The summed E-state index contributed by atoms with van der Waals surface area (Å²) in [4.78, 5) is 0. The zero-order valence-electron chi connectivity index (χ0n) is 11.3. The van der Waals surface area contributed by atoms with Crippen molar-refractivity contribution in [3.8, 4) is 5.75 Å². The van der Waals surface area contributed by atoms with E-state index in [-0.39, 0.29) is 6.04 Å². The topological polar surface area (TPSA) is 35.2 Å². The van der Waals surface area contributed by atoms with E-state index in [2.05, 4.69) is 32.9 Å². The van der Waals surface area contributed by atoms with Gasteiger partial charge in [-0.2, -0.15) is 0 Å². The second kappa shape index (κ2) is 7.33. The fraction of sp³-hybridized carbons (Fsp3) is 0.600. The standard InChI is InChI=1S/C15H25NO/c1-4-5-10-17-14-8-6-13(7-9-14)15(16)11-12(2)3/h6-9,12,15H,4-5,10-11,16H2,1-3H3. The van der Waals surface area contributed by atoms with Gasteiger partial charge in [-0.3, -0.25) is 0 Å². The molecule has 2 nitrogen and oxygen atoms in total. The molecule has 0 aliphatic heterocycles. The second-order valence-corrected chi connectivity index (χ2v) is 5.01. The molecule has 17 heavy (non-hydrogen) atoms. The molecule has 1 rings (SSSR count). The summed E-state index contributed by atoms with van der Waals surface area (Å²) < 4.78 is 5.62. The van der Waals surface area contributed by atoms with Gasteiger partial charge in [-0.1, -0.05) is 39.3 Å². The number of hydrogen-bond donors (Lipinski definition) is 1. The smallest absolute Gasteiger partial charge is 0.119 e. The zero-order chi connectivity index (χ0) is 12.7. The molecule has 0 fully saturated rings. The normalized spacial score (nSPS) is 12.8. The van der Waals surface area contributed by atoms with Gasteiger partial charge in [-0.25, -0.2) is 0 Å². The Bertz CT molecular complexity index is 305. The van der Waals surface area contributed by atoms with E-state index in [9.17, 15) is 0 Å². The van der Waals surface area contributed by atoms with Gasteiger partial charge in [0.15, 0.2) is 0 Å². The van der Waals surface area contributed by atoms with Crippen LogP contribution in [0.3, 0.4) is 0 Å². The van der Waals surface area contributed by atoms with Crippen molar-refractivity contribution in [2.75, 3.05) is 6.61 Å². The molecule has 0 amide bonds. The zero-order valence-corrected chi connectivity index (χ0v) is 11.3. The lowest BCUT2D eigenvalue weighted by molar-refractivity contribution is 0.309. The van der Waals surface area contributed by atoms with Gasteiger partial charge in [-0.15, -0.1) is 0 Å². The maximum Gasteiger partial charge on any atom is 0.119 e. The lowest BCUT2D eigenvalue weighted by Crippen LogP contribution is -2.12. The van der Waals surface area contributed by atoms with Crippen molar-refractivity contribution in [1.82, 2.24) is 0 Å². The van der Waals surface area contributed by atoms with Crippen molar-refractivity contribution in [3.63, 3.8) is 0 Å². The fourth-order valence-electron chi connectivity index (χ4n) is 1.79. The highest BCUT2D eigenvalue weighted by atomic mass is 16.5. The van der Waals surface area contributed by atoms with Crippen molar-refractivity contribution >= 4 is 0 Å². The molecule has 0 spiro atoms. The van der Waals surface area contributed by atoms with Crippen LogP contribution in [-0.2, 0) is 0 Å². The van der Waals surface area contributed by atoms with Crippen LogP contribution in [0.15, 0.2) is 24.3 Å². The van der Waals surface area contributed by atoms with Gasteiger partial charge in [0, 0.05) is 6.04 Å². The number of hydrogen-bond acceptors (Lipinski definition) is 2. The Labute approximate surface area is 105 Å². The van der Waals surface area contributed by atoms with Gasteiger partial charge in [0.1, 0.15) is 5.75 Å². The molecule has 1 aromatic carbocycles. The molecule has 0 saturated carbocycles. The van der Waals surface area contributed by atoms with Crippen LogP contribution in [0.5, 0.6) is 5.75 Å². The Morgan fingerprint density at radius 1 is 1.18 bits per heavy atom. The number of rotatable bonds is 7. The van der Waals surface area contributed by atoms with Crippen LogP contribution in [0.4, 0.5) is 0 Å². The van der Waals surface area contributed by atoms with Gasteiger partial charge < -0.3 is 10.5 Å². The molecule has 2 N–H and O–H groups in total. The van der Waals surface area contributed by atoms with E-state index >= 15 is 0 Å². The Balaban J connectivity index is 2.49. The van der Waals surface area contributed by atoms with E-state index in [1.54, 1.807) is 0 Å². The Hall–Kier alpha value is -1.02. The average molecular weight is 235 g/mol. The minimum absolute atomic E-state index is 0.139. The first-order valence-corrected chi connectivity index (χ1v) is 6.61. The predicted molar refractivity (Wildman–Crippen MR) is 73.2 cm³/mol. The largest absolute Gasteiger partial charge is 0.494 e. The van der Waals surface area contributed by atoms with Crippen molar-refractivity contribution < 1.29 is 4.74 Å². The van der Waals surface area contributed by atoms with E-state index in [1.165, 1.54) is 5.56 Å².